The maximum Gasteiger partial charge on any atom is 0.416 e. The Bertz CT molecular complexity index is 978. The molecular weight excluding hydrogens is 423 g/mol. The fourth-order valence-corrected chi connectivity index (χ4v) is 4.56. The van der Waals surface area contributed by atoms with Gasteiger partial charge in [0, 0.05) is 11.5 Å². The Balaban J connectivity index is 1.45. The van der Waals surface area contributed by atoms with Crippen LogP contribution in [-0.2, 0) is 22.3 Å². The normalized spacial score (nSPS) is 23.0. The van der Waals surface area contributed by atoms with E-state index >= 15 is 0 Å². The van der Waals surface area contributed by atoms with Gasteiger partial charge in [0.25, 0.3) is 0 Å². The van der Waals surface area contributed by atoms with Crippen molar-refractivity contribution in [3.63, 3.8) is 0 Å². The third kappa shape index (κ3) is 4.65. The SMILES string of the molecule is Cc1cc(C(F)(F)F)ccc1C(=O)C1CC2COCC(C1)N2C(=O)OCc1ccccc1. The molecule has 170 valence electrons. The van der Waals surface area contributed by atoms with E-state index in [1.165, 1.54) is 13.0 Å². The van der Waals surface area contributed by atoms with E-state index in [1.54, 1.807) is 4.90 Å². The number of carbonyl (C=O) groups is 2. The molecule has 32 heavy (non-hydrogen) atoms. The summed E-state index contributed by atoms with van der Waals surface area (Å²) in [5.41, 5.74) is 0.705. The summed E-state index contributed by atoms with van der Waals surface area (Å²) in [6, 6.07) is 11.9. The molecule has 2 heterocycles. The minimum absolute atomic E-state index is 0.156. The summed E-state index contributed by atoms with van der Waals surface area (Å²) in [7, 11) is 0. The van der Waals surface area contributed by atoms with Crippen molar-refractivity contribution >= 4 is 11.9 Å². The first-order valence-corrected chi connectivity index (χ1v) is 10.5. The Kier molecular flexibility index (Phi) is 6.24. The average molecular weight is 447 g/mol. The highest BCUT2D eigenvalue weighted by Crippen LogP contribution is 2.36. The van der Waals surface area contributed by atoms with Crippen LogP contribution in [-0.4, -0.2) is 42.1 Å². The number of nitrogens with zero attached hydrogens (tertiary/aromatic N) is 1. The molecule has 0 N–H and O–H groups in total. The molecule has 2 unspecified atom stereocenters. The van der Waals surface area contributed by atoms with Crippen LogP contribution in [0.1, 0.15) is 39.9 Å². The summed E-state index contributed by atoms with van der Waals surface area (Å²) in [5, 5.41) is 0. The number of amides is 1. The minimum atomic E-state index is -4.45. The molecule has 4 rings (SSSR count). The largest absolute Gasteiger partial charge is 0.445 e. The summed E-state index contributed by atoms with van der Waals surface area (Å²) < 4.78 is 50.0. The molecule has 2 saturated heterocycles. The zero-order chi connectivity index (χ0) is 22.9. The van der Waals surface area contributed by atoms with Gasteiger partial charge in [-0.25, -0.2) is 4.79 Å². The van der Waals surface area contributed by atoms with Gasteiger partial charge in [-0.15, -0.1) is 0 Å². The van der Waals surface area contributed by atoms with Crippen molar-refractivity contribution in [3.8, 4) is 0 Å². The summed E-state index contributed by atoms with van der Waals surface area (Å²) >= 11 is 0. The number of ketones is 1. The second-order valence-corrected chi connectivity index (χ2v) is 8.35. The molecule has 2 bridgehead atoms. The van der Waals surface area contributed by atoms with Crippen LogP contribution < -0.4 is 0 Å². The third-order valence-corrected chi connectivity index (χ3v) is 6.13. The van der Waals surface area contributed by atoms with Crippen molar-refractivity contribution in [1.29, 1.82) is 0 Å². The van der Waals surface area contributed by atoms with Gasteiger partial charge in [-0.1, -0.05) is 36.4 Å². The molecule has 2 aromatic carbocycles. The smallest absolute Gasteiger partial charge is 0.416 e. The number of hydrogen-bond acceptors (Lipinski definition) is 4. The molecule has 0 spiro atoms. The molecule has 1 amide bonds. The molecule has 0 aliphatic carbocycles. The first-order valence-electron chi connectivity index (χ1n) is 10.5. The van der Waals surface area contributed by atoms with E-state index in [2.05, 4.69) is 0 Å². The van der Waals surface area contributed by atoms with Gasteiger partial charge in [-0.3, -0.25) is 9.69 Å². The lowest BCUT2D eigenvalue weighted by Gasteiger charge is -2.47. The van der Waals surface area contributed by atoms with Crippen LogP contribution in [0.2, 0.25) is 0 Å². The Morgan fingerprint density at radius 3 is 2.31 bits per heavy atom. The van der Waals surface area contributed by atoms with Gasteiger partial charge >= 0.3 is 12.3 Å². The highest BCUT2D eigenvalue weighted by Gasteiger charge is 2.44. The molecule has 5 nitrogen and oxygen atoms in total. The predicted molar refractivity (Wildman–Crippen MR) is 110 cm³/mol. The Hall–Kier alpha value is -2.87. The summed E-state index contributed by atoms with van der Waals surface area (Å²) in [5.74, 6) is -0.576. The van der Waals surface area contributed by atoms with Crippen LogP contribution in [0.15, 0.2) is 48.5 Å². The van der Waals surface area contributed by atoms with Gasteiger partial charge in [-0.2, -0.15) is 13.2 Å². The number of alkyl halides is 3. The third-order valence-electron chi connectivity index (χ3n) is 6.13. The van der Waals surface area contributed by atoms with Crippen molar-refractivity contribution in [1.82, 2.24) is 4.90 Å². The second-order valence-electron chi connectivity index (χ2n) is 8.35. The summed E-state index contributed by atoms with van der Waals surface area (Å²) in [4.78, 5) is 27.6. The van der Waals surface area contributed by atoms with E-state index in [4.69, 9.17) is 9.47 Å². The number of benzene rings is 2. The van der Waals surface area contributed by atoms with Gasteiger partial charge in [0.15, 0.2) is 5.78 Å². The number of morpholine rings is 1. The number of Topliss-reactive ketones (excluding diaryl/α,β-unsaturated/α-hetero) is 1. The van der Waals surface area contributed by atoms with Crippen LogP contribution in [0.5, 0.6) is 0 Å². The molecule has 0 radical (unpaired) electrons. The lowest BCUT2D eigenvalue weighted by molar-refractivity contribution is -0.137. The quantitative estimate of drug-likeness (QED) is 0.618. The maximum atomic E-state index is 13.1. The molecule has 2 aliphatic heterocycles. The Morgan fingerprint density at radius 2 is 1.72 bits per heavy atom. The van der Waals surface area contributed by atoms with Crippen LogP contribution in [0, 0.1) is 12.8 Å². The number of hydrogen-bond donors (Lipinski definition) is 0. The van der Waals surface area contributed by atoms with Crippen molar-refractivity contribution in [2.45, 2.75) is 44.6 Å². The fourth-order valence-electron chi connectivity index (χ4n) is 4.56. The van der Waals surface area contributed by atoms with E-state index in [-0.39, 0.29) is 30.4 Å². The second kappa shape index (κ2) is 8.94. The van der Waals surface area contributed by atoms with E-state index in [1.807, 2.05) is 30.3 Å². The van der Waals surface area contributed by atoms with Crippen LogP contribution in [0.3, 0.4) is 0 Å². The minimum Gasteiger partial charge on any atom is -0.445 e. The van der Waals surface area contributed by atoms with Crippen molar-refractivity contribution in [2.24, 2.45) is 5.92 Å². The van der Waals surface area contributed by atoms with Crippen LogP contribution in [0.25, 0.3) is 0 Å². The molecule has 2 atom stereocenters. The monoisotopic (exact) mass is 447 g/mol. The standard InChI is InChI=1S/C24H24F3NO4/c1-15-9-18(24(25,26)27)7-8-21(15)22(29)17-10-19-13-31-14-20(11-17)28(19)23(30)32-12-16-5-3-2-4-6-16/h2-9,17,19-20H,10-14H2,1H3. The van der Waals surface area contributed by atoms with Gasteiger partial charge < -0.3 is 9.47 Å². The van der Waals surface area contributed by atoms with E-state index < -0.39 is 17.8 Å². The zero-order valence-corrected chi connectivity index (χ0v) is 17.6. The molecular formula is C24H24F3NO4. The highest BCUT2D eigenvalue weighted by atomic mass is 19.4. The lowest BCUT2D eigenvalue weighted by atomic mass is 9.80. The first-order chi connectivity index (χ1) is 15.2. The van der Waals surface area contributed by atoms with Gasteiger partial charge in [0.1, 0.15) is 6.61 Å². The molecule has 2 aromatic rings. The maximum absolute atomic E-state index is 13.1. The molecule has 0 saturated carbocycles. The number of ether oxygens (including phenoxy) is 2. The van der Waals surface area contributed by atoms with Crippen molar-refractivity contribution in [2.75, 3.05) is 13.2 Å². The fraction of sp³-hybridized carbons (Fsp3) is 0.417. The van der Waals surface area contributed by atoms with Gasteiger partial charge in [0.05, 0.1) is 30.9 Å². The zero-order valence-electron chi connectivity index (χ0n) is 17.6. The van der Waals surface area contributed by atoms with Crippen LogP contribution >= 0.6 is 0 Å². The predicted octanol–water partition coefficient (Wildman–Crippen LogP) is 5.01. The number of aryl methyl sites for hydroxylation is 1. The van der Waals surface area contributed by atoms with E-state index in [0.29, 0.717) is 37.2 Å². The number of piperidine rings is 1. The van der Waals surface area contributed by atoms with E-state index in [0.717, 1.165) is 17.7 Å². The molecule has 0 aromatic heterocycles. The van der Waals surface area contributed by atoms with Gasteiger partial charge in [0.2, 0.25) is 0 Å². The topological polar surface area (TPSA) is 55.8 Å². The summed E-state index contributed by atoms with van der Waals surface area (Å²) in [6.07, 6.45) is -4.12. The number of halogens is 3. The highest BCUT2D eigenvalue weighted by molar-refractivity contribution is 5.99. The molecule has 2 aliphatic rings. The van der Waals surface area contributed by atoms with E-state index in [9.17, 15) is 22.8 Å². The molecule has 8 heteroatoms. The summed E-state index contributed by atoms with van der Waals surface area (Å²) in [6.45, 7) is 2.27. The number of rotatable bonds is 4. The average Bonchev–Trinajstić information content (AvgIpc) is 2.76. The van der Waals surface area contributed by atoms with Crippen molar-refractivity contribution in [3.05, 3.63) is 70.8 Å². The van der Waals surface area contributed by atoms with Gasteiger partial charge in [-0.05, 0) is 43.0 Å². The lowest BCUT2D eigenvalue weighted by Crippen LogP contribution is -2.59. The van der Waals surface area contributed by atoms with Crippen molar-refractivity contribution < 1.29 is 32.2 Å². The number of fused-ring (bicyclic) bond motifs is 2. The first kappa shape index (κ1) is 22.3. The van der Waals surface area contributed by atoms with Crippen LogP contribution in [0.4, 0.5) is 18.0 Å². The molecule has 2 fully saturated rings. The number of carbonyl (C=O) groups excluding carboxylic acids is 2. The Morgan fingerprint density at radius 1 is 1.06 bits per heavy atom. The Labute approximate surface area is 184 Å².